The fourth-order valence-electron chi connectivity index (χ4n) is 3.68. The van der Waals surface area contributed by atoms with Gasteiger partial charge in [-0.15, -0.1) is 0 Å². The highest BCUT2D eigenvalue weighted by atomic mass is 16.5. The number of rotatable bonds is 20. The first-order chi connectivity index (χ1) is 15.5. The summed E-state index contributed by atoms with van der Waals surface area (Å²) in [5, 5.41) is 8.75. The van der Waals surface area contributed by atoms with E-state index in [0.717, 1.165) is 38.5 Å². The van der Waals surface area contributed by atoms with E-state index in [1.807, 2.05) is 0 Å². The number of carbonyl (C=O) groups excluding carboxylic acids is 3. The van der Waals surface area contributed by atoms with E-state index in [1.54, 1.807) is 0 Å². The van der Waals surface area contributed by atoms with E-state index >= 15 is 0 Å². The Kier molecular flexibility index (Phi) is 19.7. The molecular weight excluding hydrogens is 412 g/mol. The van der Waals surface area contributed by atoms with Gasteiger partial charge in [0.2, 0.25) is 0 Å². The average Bonchev–Trinajstić information content (AvgIpc) is 2.81. The lowest BCUT2D eigenvalue weighted by molar-refractivity contribution is -0.143. The molecule has 0 aromatic heterocycles. The minimum atomic E-state index is -0.707. The highest BCUT2D eigenvalue weighted by Crippen LogP contribution is 2.21. The Hall–Kier alpha value is -1.89. The van der Waals surface area contributed by atoms with Gasteiger partial charge in [-0.05, 0) is 19.3 Å². The number of ether oxygens (including phenoxy) is 3. The molecule has 0 aliphatic carbocycles. The van der Waals surface area contributed by atoms with Crippen LogP contribution in [0, 0.1) is 0 Å². The third-order valence-electron chi connectivity index (χ3n) is 5.61. The van der Waals surface area contributed by atoms with Gasteiger partial charge in [0.1, 0.15) is 0 Å². The first kappa shape index (κ1) is 30.1. The van der Waals surface area contributed by atoms with E-state index in [4.69, 9.17) is 14.6 Å². The molecule has 0 saturated carbocycles. The number of methoxy groups -OCH3 is 3. The molecule has 0 heterocycles. The second-order valence-electron chi connectivity index (χ2n) is 8.12. The molecule has 7 heteroatoms. The standard InChI is InChI=1S/C25H44O7/c1-30-23(27)20-22(25(29)32-3)21(24(28)31-2)18-16-14-12-10-8-6-4-5-7-9-11-13-15-17-19-26/h26H,4-20H2,1-3H3. The van der Waals surface area contributed by atoms with Crippen molar-refractivity contribution < 1.29 is 33.7 Å². The minimum absolute atomic E-state index is 0.0135. The molecule has 0 aliphatic rings. The molecule has 0 rings (SSSR count). The Morgan fingerprint density at radius 3 is 1.28 bits per heavy atom. The van der Waals surface area contributed by atoms with Gasteiger partial charge in [0, 0.05) is 12.2 Å². The van der Waals surface area contributed by atoms with Crippen molar-refractivity contribution in [1.29, 1.82) is 0 Å². The molecule has 32 heavy (non-hydrogen) atoms. The van der Waals surface area contributed by atoms with Crippen molar-refractivity contribution in [2.24, 2.45) is 0 Å². The monoisotopic (exact) mass is 456 g/mol. The van der Waals surface area contributed by atoms with Crippen molar-refractivity contribution >= 4 is 17.9 Å². The van der Waals surface area contributed by atoms with E-state index in [0.29, 0.717) is 13.0 Å². The molecule has 1 N–H and O–H groups in total. The number of carbonyl (C=O) groups is 3. The third kappa shape index (κ3) is 15.0. The molecular formula is C25H44O7. The number of esters is 3. The third-order valence-corrected chi connectivity index (χ3v) is 5.61. The van der Waals surface area contributed by atoms with Crippen molar-refractivity contribution in [3.63, 3.8) is 0 Å². The number of aliphatic hydroxyl groups is 1. The van der Waals surface area contributed by atoms with Crippen LogP contribution in [0.1, 0.15) is 103 Å². The predicted molar refractivity (Wildman–Crippen MR) is 124 cm³/mol. The van der Waals surface area contributed by atoms with Gasteiger partial charge in [0.05, 0.1) is 33.3 Å². The summed E-state index contributed by atoms with van der Waals surface area (Å²) in [7, 11) is 3.70. The summed E-state index contributed by atoms with van der Waals surface area (Å²) < 4.78 is 14.2. The summed E-state index contributed by atoms with van der Waals surface area (Å²) in [4.78, 5) is 35.9. The highest BCUT2D eigenvalue weighted by Gasteiger charge is 2.24. The summed E-state index contributed by atoms with van der Waals surface area (Å²) in [5.74, 6) is -1.92. The molecule has 0 amide bonds. The summed E-state index contributed by atoms with van der Waals surface area (Å²) >= 11 is 0. The summed E-state index contributed by atoms with van der Waals surface area (Å²) in [5.41, 5.74) is 0.209. The fraction of sp³-hybridized carbons (Fsp3) is 0.800. The SMILES string of the molecule is COC(=O)CC(C(=O)OC)=C(CCCCCCCCCCCCCCCCO)C(=O)OC. The molecule has 7 nitrogen and oxygen atoms in total. The van der Waals surface area contributed by atoms with Gasteiger partial charge < -0.3 is 19.3 Å². The predicted octanol–water partition coefficient (Wildman–Crippen LogP) is 5.04. The highest BCUT2D eigenvalue weighted by molar-refractivity contribution is 6.03. The Morgan fingerprint density at radius 1 is 0.531 bits per heavy atom. The van der Waals surface area contributed by atoms with Crippen molar-refractivity contribution in [1.82, 2.24) is 0 Å². The zero-order valence-electron chi connectivity index (χ0n) is 20.4. The normalized spacial score (nSPS) is 11.6. The van der Waals surface area contributed by atoms with E-state index in [1.165, 1.54) is 72.7 Å². The smallest absolute Gasteiger partial charge is 0.334 e. The van der Waals surface area contributed by atoms with Crippen molar-refractivity contribution in [2.45, 2.75) is 103 Å². The first-order valence-corrected chi connectivity index (χ1v) is 12.1. The molecule has 0 aliphatic heterocycles. The first-order valence-electron chi connectivity index (χ1n) is 12.1. The molecule has 0 aromatic carbocycles. The van der Waals surface area contributed by atoms with Crippen LogP contribution in [0.5, 0.6) is 0 Å². The minimum Gasteiger partial charge on any atom is -0.469 e. The van der Waals surface area contributed by atoms with Crippen molar-refractivity contribution in [3.8, 4) is 0 Å². The summed E-state index contributed by atoms with van der Waals surface area (Å²) in [6, 6.07) is 0. The maximum Gasteiger partial charge on any atom is 0.334 e. The number of aliphatic hydroxyl groups excluding tert-OH is 1. The molecule has 0 bridgehead atoms. The Balaban J connectivity index is 4.13. The van der Waals surface area contributed by atoms with Crippen LogP contribution in [0.25, 0.3) is 0 Å². The Bertz CT molecular complexity index is 554. The van der Waals surface area contributed by atoms with Crippen LogP contribution in [-0.2, 0) is 28.6 Å². The largest absolute Gasteiger partial charge is 0.469 e. The topological polar surface area (TPSA) is 99.1 Å². The summed E-state index contributed by atoms with van der Waals surface area (Å²) in [6.45, 7) is 0.313. The molecule has 0 fully saturated rings. The summed E-state index contributed by atoms with van der Waals surface area (Å²) in [6.07, 6.45) is 16.2. The Morgan fingerprint density at radius 2 is 0.906 bits per heavy atom. The van der Waals surface area contributed by atoms with Crippen LogP contribution in [0.4, 0.5) is 0 Å². The van der Waals surface area contributed by atoms with Gasteiger partial charge in [0.15, 0.2) is 0 Å². The lowest BCUT2D eigenvalue weighted by Crippen LogP contribution is -2.18. The zero-order valence-corrected chi connectivity index (χ0v) is 20.4. The van der Waals surface area contributed by atoms with Crippen molar-refractivity contribution in [2.75, 3.05) is 27.9 Å². The van der Waals surface area contributed by atoms with Gasteiger partial charge in [-0.1, -0.05) is 77.0 Å². The molecule has 0 aromatic rings. The molecule has 0 atom stereocenters. The van der Waals surface area contributed by atoms with Crippen LogP contribution in [0.2, 0.25) is 0 Å². The second-order valence-corrected chi connectivity index (χ2v) is 8.12. The molecule has 0 saturated heterocycles. The van der Waals surface area contributed by atoms with Crippen LogP contribution >= 0.6 is 0 Å². The number of hydrogen-bond acceptors (Lipinski definition) is 7. The lowest BCUT2D eigenvalue weighted by Gasteiger charge is -2.12. The van der Waals surface area contributed by atoms with Crippen LogP contribution in [0.3, 0.4) is 0 Å². The maximum atomic E-state index is 12.2. The maximum absolute atomic E-state index is 12.2. The lowest BCUT2D eigenvalue weighted by atomic mass is 9.98. The van der Waals surface area contributed by atoms with Gasteiger partial charge in [-0.2, -0.15) is 0 Å². The van der Waals surface area contributed by atoms with E-state index < -0.39 is 17.9 Å². The van der Waals surface area contributed by atoms with E-state index in [9.17, 15) is 14.4 Å². The fourth-order valence-corrected chi connectivity index (χ4v) is 3.68. The molecule has 0 radical (unpaired) electrons. The van der Waals surface area contributed by atoms with Gasteiger partial charge in [0.25, 0.3) is 0 Å². The van der Waals surface area contributed by atoms with Crippen molar-refractivity contribution in [3.05, 3.63) is 11.1 Å². The molecule has 186 valence electrons. The second kappa shape index (κ2) is 21.0. The van der Waals surface area contributed by atoms with E-state index in [-0.39, 0.29) is 17.6 Å². The average molecular weight is 457 g/mol. The zero-order chi connectivity index (χ0) is 24.0. The molecule has 0 unspecified atom stereocenters. The molecule has 0 spiro atoms. The van der Waals surface area contributed by atoms with E-state index in [2.05, 4.69) is 4.74 Å². The Labute approximate surface area is 193 Å². The quantitative estimate of drug-likeness (QED) is 0.119. The van der Waals surface area contributed by atoms with Crippen LogP contribution in [-0.4, -0.2) is 51.0 Å². The van der Waals surface area contributed by atoms with Crippen LogP contribution < -0.4 is 0 Å². The van der Waals surface area contributed by atoms with Gasteiger partial charge >= 0.3 is 17.9 Å². The van der Waals surface area contributed by atoms with Gasteiger partial charge in [-0.3, -0.25) is 4.79 Å². The van der Waals surface area contributed by atoms with Gasteiger partial charge in [-0.25, -0.2) is 9.59 Å². The number of hydrogen-bond donors (Lipinski definition) is 1. The van der Waals surface area contributed by atoms with Crippen LogP contribution in [0.15, 0.2) is 11.1 Å². The number of unbranched alkanes of at least 4 members (excludes halogenated alkanes) is 13.